The molecule has 0 atom stereocenters. The molecule has 37 heavy (non-hydrogen) atoms. The smallest absolute Gasteiger partial charge is 0.282 e. The third-order valence-corrected chi connectivity index (χ3v) is 6.08. The SMILES string of the molecule is COc1ccc(-c2c(Nc3ncccn3)nc3c(-c4ccccc4)c(-c4ccccc4)[nH]n3c2=O)cc1. The van der Waals surface area contributed by atoms with Gasteiger partial charge >= 0.3 is 0 Å². The molecule has 8 heteroatoms. The van der Waals surface area contributed by atoms with Gasteiger partial charge in [-0.2, -0.15) is 4.52 Å². The summed E-state index contributed by atoms with van der Waals surface area (Å²) in [5, 5.41) is 6.50. The number of nitrogens with one attached hydrogen (secondary N) is 2. The molecule has 0 fully saturated rings. The van der Waals surface area contributed by atoms with Crippen LogP contribution in [0.2, 0.25) is 0 Å². The van der Waals surface area contributed by atoms with Crippen LogP contribution in [0.25, 0.3) is 39.2 Å². The Morgan fingerprint density at radius 1 is 0.757 bits per heavy atom. The van der Waals surface area contributed by atoms with E-state index in [4.69, 9.17) is 9.72 Å². The van der Waals surface area contributed by atoms with Gasteiger partial charge in [0, 0.05) is 18.0 Å². The molecule has 180 valence electrons. The fourth-order valence-electron chi connectivity index (χ4n) is 4.34. The van der Waals surface area contributed by atoms with Crippen LogP contribution in [0.15, 0.2) is 108 Å². The second-order valence-electron chi connectivity index (χ2n) is 8.32. The molecule has 0 aliphatic carbocycles. The lowest BCUT2D eigenvalue weighted by Gasteiger charge is -2.11. The first-order valence-electron chi connectivity index (χ1n) is 11.7. The van der Waals surface area contributed by atoms with Gasteiger partial charge in [0.05, 0.1) is 23.9 Å². The second-order valence-corrected chi connectivity index (χ2v) is 8.32. The summed E-state index contributed by atoms with van der Waals surface area (Å²) in [4.78, 5) is 27.6. The molecule has 0 saturated heterocycles. The van der Waals surface area contributed by atoms with Crippen molar-refractivity contribution >= 4 is 17.4 Å². The molecule has 6 aromatic rings. The first-order valence-corrected chi connectivity index (χ1v) is 11.7. The Balaban J connectivity index is 1.67. The first kappa shape index (κ1) is 22.2. The number of benzene rings is 3. The molecular formula is C29H22N6O2. The highest BCUT2D eigenvalue weighted by molar-refractivity contribution is 5.92. The van der Waals surface area contributed by atoms with Crippen LogP contribution in [0, 0.1) is 0 Å². The van der Waals surface area contributed by atoms with Gasteiger partial charge in [-0.3, -0.25) is 9.89 Å². The van der Waals surface area contributed by atoms with E-state index in [2.05, 4.69) is 20.4 Å². The van der Waals surface area contributed by atoms with E-state index in [1.54, 1.807) is 25.6 Å². The number of nitrogens with zero attached hydrogens (tertiary/aromatic N) is 4. The summed E-state index contributed by atoms with van der Waals surface area (Å²) in [5.74, 6) is 1.39. The Hall–Kier alpha value is -5.24. The van der Waals surface area contributed by atoms with Crippen molar-refractivity contribution in [3.63, 3.8) is 0 Å². The van der Waals surface area contributed by atoms with Crippen molar-refractivity contribution in [1.82, 2.24) is 24.6 Å². The van der Waals surface area contributed by atoms with Gasteiger partial charge in [0.25, 0.3) is 5.56 Å². The van der Waals surface area contributed by atoms with Crippen molar-refractivity contribution in [2.75, 3.05) is 12.4 Å². The minimum absolute atomic E-state index is 0.257. The van der Waals surface area contributed by atoms with Gasteiger partial charge in [-0.05, 0) is 29.3 Å². The topological polar surface area (TPSA) is 97.2 Å². The van der Waals surface area contributed by atoms with Crippen LogP contribution in [0.5, 0.6) is 5.75 Å². The maximum absolute atomic E-state index is 14.1. The van der Waals surface area contributed by atoms with Gasteiger partial charge < -0.3 is 10.1 Å². The number of fused-ring (bicyclic) bond motifs is 1. The zero-order valence-electron chi connectivity index (χ0n) is 19.9. The molecule has 3 aromatic carbocycles. The van der Waals surface area contributed by atoms with Crippen molar-refractivity contribution in [2.45, 2.75) is 0 Å². The molecule has 0 aliphatic heterocycles. The minimum atomic E-state index is -0.257. The van der Waals surface area contributed by atoms with Gasteiger partial charge in [-0.25, -0.2) is 15.0 Å². The predicted molar refractivity (Wildman–Crippen MR) is 144 cm³/mol. The highest BCUT2D eigenvalue weighted by Crippen LogP contribution is 2.36. The summed E-state index contributed by atoms with van der Waals surface area (Å²) >= 11 is 0. The zero-order chi connectivity index (χ0) is 25.2. The van der Waals surface area contributed by atoms with Gasteiger partial charge in [-0.15, -0.1) is 0 Å². The van der Waals surface area contributed by atoms with Crippen molar-refractivity contribution < 1.29 is 4.74 Å². The fourth-order valence-corrected chi connectivity index (χ4v) is 4.34. The number of methoxy groups -OCH3 is 1. The maximum Gasteiger partial charge on any atom is 0.282 e. The van der Waals surface area contributed by atoms with Gasteiger partial charge in [0.15, 0.2) is 5.65 Å². The zero-order valence-corrected chi connectivity index (χ0v) is 19.9. The monoisotopic (exact) mass is 486 g/mol. The van der Waals surface area contributed by atoms with Crippen LogP contribution in [0.3, 0.4) is 0 Å². The molecule has 3 aromatic heterocycles. The van der Waals surface area contributed by atoms with Gasteiger partial charge in [-0.1, -0.05) is 72.8 Å². The van der Waals surface area contributed by atoms with Crippen molar-refractivity contribution in [2.24, 2.45) is 0 Å². The summed E-state index contributed by atoms with van der Waals surface area (Å²) in [6.07, 6.45) is 3.26. The Labute approximate surface area is 212 Å². The average molecular weight is 487 g/mol. The molecule has 3 heterocycles. The Morgan fingerprint density at radius 2 is 1.38 bits per heavy atom. The van der Waals surface area contributed by atoms with E-state index >= 15 is 0 Å². The summed E-state index contributed by atoms with van der Waals surface area (Å²) in [6.45, 7) is 0. The molecule has 0 spiro atoms. The number of H-pyrrole nitrogens is 1. The van der Waals surface area contributed by atoms with E-state index in [0.717, 1.165) is 22.4 Å². The number of aromatic nitrogens is 5. The highest BCUT2D eigenvalue weighted by Gasteiger charge is 2.23. The molecular weight excluding hydrogens is 464 g/mol. The quantitative estimate of drug-likeness (QED) is 0.320. The summed E-state index contributed by atoms with van der Waals surface area (Å²) in [7, 11) is 1.60. The summed E-state index contributed by atoms with van der Waals surface area (Å²) < 4.78 is 6.81. The van der Waals surface area contributed by atoms with Crippen LogP contribution in [0.1, 0.15) is 0 Å². The number of ether oxygens (including phenoxy) is 1. The number of hydrogen-bond donors (Lipinski definition) is 2. The number of rotatable bonds is 6. The van der Waals surface area contributed by atoms with E-state index in [9.17, 15) is 4.79 Å². The van der Waals surface area contributed by atoms with E-state index in [1.807, 2.05) is 84.9 Å². The molecule has 0 saturated carbocycles. The van der Waals surface area contributed by atoms with Gasteiger partial charge in [0.2, 0.25) is 5.95 Å². The van der Waals surface area contributed by atoms with E-state index < -0.39 is 0 Å². The average Bonchev–Trinajstić information content (AvgIpc) is 3.35. The fraction of sp³-hybridized carbons (Fsp3) is 0.0345. The predicted octanol–water partition coefficient (Wildman–Crippen LogP) is 5.57. The molecule has 6 rings (SSSR count). The lowest BCUT2D eigenvalue weighted by atomic mass is 10.0. The van der Waals surface area contributed by atoms with Crippen LogP contribution in [0.4, 0.5) is 11.8 Å². The van der Waals surface area contributed by atoms with Crippen molar-refractivity contribution in [3.05, 3.63) is 114 Å². The molecule has 0 bridgehead atoms. The Bertz CT molecular complexity index is 1730. The third-order valence-electron chi connectivity index (χ3n) is 6.08. The lowest BCUT2D eigenvalue weighted by Crippen LogP contribution is -2.20. The maximum atomic E-state index is 14.1. The minimum Gasteiger partial charge on any atom is -0.497 e. The summed E-state index contributed by atoms with van der Waals surface area (Å²) in [6, 6.07) is 28.8. The number of hydrogen-bond acceptors (Lipinski definition) is 6. The van der Waals surface area contributed by atoms with E-state index in [0.29, 0.717) is 34.3 Å². The normalized spacial score (nSPS) is 10.9. The highest BCUT2D eigenvalue weighted by atomic mass is 16.5. The largest absolute Gasteiger partial charge is 0.497 e. The Kier molecular flexibility index (Phi) is 5.67. The molecule has 0 unspecified atom stereocenters. The van der Waals surface area contributed by atoms with Crippen LogP contribution < -0.4 is 15.6 Å². The van der Waals surface area contributed by atoms with Crippen molar-refractivity contribution in [3.8, 4) is 39.3 Å². The van der Waals surface area contributed by atoms with E-state index in [-0.39, 0.29) is 5.56 Å². The first-order chi connectivity index (χ1) is 18.2. The molecule has 0 amide bonds. The van der Waals surface area contributed by atoms with Gasteiger partial charge in [0.1, 0.15) is 11.6 Å². The second kappa shape index (κ2) is 9.43. The van der Waals surface area contributed by atoms with Crippen LogP contribution >= 0.6 is 0 Å². The van der Waals surface area contributed by atoms with Crippen LogP contribution in [-0.4, -0.2) is 31.7 Å². The molecule has 0 radical (unpaired) electrons. The standard InChI is InChI=1S/C29H22N6O2/c1-37-22-15-13-20(14-16-22)24-26(33-29-30-17-8-18-31-29)32-27-23(19-9-4-2-5-10-19)25(34-35(27)28(24)36)21-11-6-3-7-12-21/h2-18,34H,1H3,(H,30,31,33). The Morgan fingerprint density at radius 3 is 2.03 bits per heavy atom. The lowest BCUT2D eigenvalue weighted by molar-refractivity contribution is 0.415. The van der Waals surface area contributed by atoms with Crippen LogP contribution in [-0.2, 0) is 0 Å². The molecule has 0 aliphatic rings. The third kappa shape index (κ3) is 4.10. The summed E-state index contributed by atoms with van der Waals surface area (Å²) in [5.41, 5.74) is 4.80. The number of aromatic amines is 1. The molecule has 2 N–H and O–H groups in total. The number of anilines is 2. The molecule has 8 nitrogen and oxygen atoms in total. The van der Waals surface area contributed by atoms with Crippen molar-refractivity contribution in [1.29, 1.82) is 0 Å². The van der Waals surface area contributed by atoms with E-state index in [1.165, 1.54) is 4.52 Å².